The number of benzene rings is 1. The highest BCUT2D eigenvalue weighted by Gasteiger charge is 2.50. The molecule has 1 aliphatic carbocycles. The predicted molar refractivity (Wildman–Crippen MR) is 106 cm³/mol. The first-order valence-electron chi connectivity index (χ1n) is 9.25. The van der Waals surface area contributed by atoms with Crippen molar-refractivity contribution in [1.82, 2.24) is 15.5 Å². The fourth-order valence-electron chi connectivity index (χ4n) is 3.58. The molecule has 1 fully saturated rings. The second-order valence-corrected chi connectivity index (χ2v) is 7.99. The van der Waals surface area contributed by atoms with Gasteiger partial charge >= 0.3 is 6.03 Å². The lowest BCUT2D eigenvalue weighted by Crippen LogP contribution is -2.43. The van der Waals surface area contributed by atoms with Crippen molar-refractivity contribution >= 4 is 33.8 Å². The zero-order chi connectivity index (χ0) is 19.4. The van der Waals surface area contributed by atoms with Crippen LogP contribution in [0.3, 0.4) is 0 Å². The molecule has 6 nitrogen and oxygen atoms in total. The number of nitrogens with zero attached hydrogens (tertiary/aromatic N) is 1. The standard InChI is InChI=1S/C20H24BrN3O3/c1-20(15-9-5-6-10-16(15)21)18(26)24(19(27)23-20)13-17(25)22-12-11-14-7-3-2-4-8-14/h5-7,9-10H,2-4,8,11-13H2,1H3,(H,22,25)(H,23,27). The first kappa shape index (κ1) is 19.6. The number of urea groups is 1. The van der Waals surface area contributed by atoms with Gasteiger partial charge in [-0.2, -0.15) is 0 Å². The number of carbonyl (C=O) groups is 3. The van der Waals surface area contributed by atoms with Crippen molar-refractivity contribution in [1.29, 1.82) is 0 Å². The topological polar surface area (TPSA) is 78.5 Å². The predicted octanol–water partition coefficient (Wildman–Crippen LogP) is 3.22. The molecule has 27 heavy (non-hydrogen) atoms. The molecule has 0 radical (unpaired) electrons. The van der Waals surface area contributed by atoms with Crippen LogP contribution < -0.4 is 10.6 Å². The monoisotopic (exact) mass is 433 g/mol. The number of imide groups is 1. The van der Waals surface area contributed by atoms with Crippen LogP contribution in [0, 0.1) is 0 Å². The fraction of sp³-hybridized carbons (Fsp3) is 0.450. The molecule has 1 aromatic carbocycles. The second-order valence-electron chi connectivity index (χ2n) is 7.13. The van der Waals surface area contributed by atoms with Gasteiger partial charge in [0.25, 0.3) is 5.91 Å². The molecule has 0 aromatic heterocycles. The third-order valence-corrected chi connectivity index (χ3v) is 5.83. The highest BCUT2D eigenvalue weighted by molar-refractivity contribution is 9.10. The van der Waals surface area contributed by atoms with E-state index >= 15 is 0 Å². The molecule has 1 atom stereocenters. The summed E-state index contributed by atoms with van der Waals surface area (Å²) in [5.74, 6) is -0.754. The van der Waals surface area contributed by atoms with Crippen molar-refractivity contribution in [2.75, 3.05) is 13.1 Å². The van der Waals surface area contributed by atoms with Crippen LogP contribution in [0.5, 0.6) is 0 Å². The summed E-state index contributed by atoms with van der Waals surface area (Å²) in [6, 6.07) is 6.69. The van der Waals surface area contributed by atoms with E-state index < -0.39 is 17.5 Å². The molecular weight excluding hydrogens is 410 g/mol. The van der Waals surface area contributed by atoms with Crippen molar-refractivity contribution in [3.05, 3.63) is 46.0 Å². The van der Waals surface area contributed by atoms with E-state index in [1.807, 2.05) is 12.1 Å². The van der Waals surface area contributed by atoms with Gasteiger partial charge in [0.2, 0.25) is 5.91 Å². The number of allylic oxidation sites excluding steroid dienone is 1. The van der Waals surface area contributed by atoms with E-state index in [2.05, 4.69) is 32.6 Å². The van der Waals surface area contributed by atoms with E-state index in [9.17, 15) is 14.4 Å². The molecule has 1 aromatic rings. The van der Waals surface area contributed by atoms with Crippen LogP contribution in [0.25, 0.3) is 0 Å². The Morgan fingerprint density at radius 1 is 1.30 bits per heavy atom. The Balaban J connectivity index is 1.59. The third-order valence-electron chi connectivity index (χ3n) is 5.14. The molecule has 0 bridgehead atoms. The molecule has 2 aliphatic rings. The zero-order valence-electron chi connectivity index (χ0n) is 15.4. The molecule has 2 N–H and O–H groups in total. The van der Waals surface area contributed by atoms with Crippen molar-refractivity contribution in [3.8, 4) is 0 Å². The quantitative estimate of drug-likeness (QED) is 0.533. The smallest absolute Gasteiger partial charge is 0.325 e. The Kier molecular flexibility index (Phi) is 5.99. The number of hydrogen-bond acceptors (Lipinski definition) is 3. The summed E-state index contributed by atoms with van der Waals surface area (Å²) in [4.78, 5) is 38.4. The summed E-state index contributed by atoms with van der Waals surface area (Å²) in [5.41, 5.74) is 0.846. The van der Waals surface area contributed by atoms with Crippen LogP contribution in [0.4, 0.5) is 4.79 Å². The van der Waals surface area contributed by atoms with Crippen LogP contribution in [0.15, 0.2) is 40.4 Å². The van der Waals surface area contributed by atoms with E-state index in [-0.39, 0.29) is 12.5 Å². The van der Waals surface area contributed by atoms with Crippen molar-refractivity contribution < 1.29 is 14.4 Å². The van der Waals surface area contributed by atoms with Gasteiger partial charge in [-0.1, -0.05) is 45.8 Å². The molecule has 1 unspecified atom stereocenters. The molecule has 144 valence electrons. The maximum atomic E-state index is 12.9. The summed E-state index contributed by atoms with van der Waals surface area (Å²) in [7, 11) is 0. The molecule has 1 aliphatic heterocycles. The maximum absolute atomic E-state index is 12.9. The maximum Gasteiger partial charge on any atom is 0.325 e. The van der Waals surface area contributed by atoms with E-state index in [4.69, 9.17) is 0 Å². The molecule has 1 saturated heterocycles. The molecule has 4 amide bonds. The Bertz CT molecular complexity index is 792. The number of nitrogens with one attached hydrogen (secondary N) is 2. The Hall–Kier alpha value is -2.15. The fourth-order valence-corrected chi connectivity index (χ4v) is 4.26. The van der Waals surface area contributed by atoms with Gasteiger partial charge in [0, 0.05) is 16.6 Å². The highest BCUT2D eigenvalue weighted by atomic mass is 79.9. The Morgan fingerprint density at radius 3 is 2.78 bits per heavy atom. The lowest BCUT2D eigenvalue weighted by atomic mass is 9.92. The van der Waals surface area contributed by atoms with Gasteiger partial charge in [-0.25, -0.2) is 4.79 Å². The minimum atomic E-state index is -1.19. The van der Waals surface area contributed by atoms with Gasteiger partial charge in [0.15, 0.2) is 0 Å². The normalized spacial score (nSPS) is 22.4. The van der Waals surface area contributed by atoms with Gasteiger partial charge in [-0.3, -0.25) is 14.5 Å². The SMILES string of the molecule is CC1(c2ccccc2Br)NC(=O)N(CC(=O)NCCC2=CCCCC2)C1=O. The van der Waals surface area contributed by atoms with E-state index in [0.717, 1.165) is 28.6 Å². The largest absolute Gasteiger partial charge is 0.354 e. The van der Waals surface area contributed by atoms with Crippen LogP contribution in [-0.4, -0.2) is 35.8 Å². The summed E-state index contributed by atoms with van der Waals surface area (Å²) >= 11 is 3.43. The number of hydrogen-bond donors (Lipinski definition) is 2. The minimum absolute atomic E-state index is 0.274. The summed E-state index contributed by atoms with van der Waals surface area (Å²) in [5, 5.41) is 5.53. The molecule has 3 rings (SSSR count). The summed E-state index contributed by atoms with van der Waals surface area (Å²) in [6.45, 7) is 1.90. The first-order chi connectivity index (χ1) is 12.9. The van der Waals surface area contributed by atoms with Gasteiger partial charge in [-0.15, -0.1) is 0 Å². The van der Waals surface area contributed by atoms with E-state index in [0.29, 0.717) is 12.1 Å². The number of carbonyl (C=O) groups excluding carboxylic acids is 3. The zero-order valence-corrected chi connectivity index (χ0v) is 17.0. The van der Waals surface area contributed by atoms with E-state index in [1.54, 1.807) is 19.1 Å². The highest BCUT2D eigenvalue weighted by Crippen LogP contribution is 2.33. The molecule has 0 saturated carbocycles. The minimum Gasteiger partial charge on any atom is -0.354 e. The van der Waals surface area contributed by atoms with Gasteiger partial charge in [0.05, 0.1) is 0 Å². The molecule has 0 spiro atoms. The lowest BCUT2D eigenvalue weighted by Gasteiger charge is -2.23. The van der Waals surface area contributed by atoms with Crippen molar-refractivity contribution in [2.24, 2.45) is 0 Å². The van der Waals surface area contributed by atoms with Crippen LogP contribution >= 0.6 is 15.9 Å². The molecule has 1 heterocycles. The summed E-state index contributed by atoms with van der Waals surface area (Å²) < 4.78 is 0.730. The average molecular weight is 434 g/mol. The molecule has 7 heteroatoms. The molecular formula is C20H24BrN3O3. The Morgan fingerprint density at radius 2 is 2.07 bits per heavy atom. The number of rotatable bonds is 6. The van der Waals surface area contributed by atoms with Crippen molar-refractivity contribution in [2.45, 2.75) is 44.6 Å². The van der Waals surface area contributed by atoms with Crippen LogP contribution in [0.1, 0.15) is 44.6 Å². The van der Waals surface area contributed by atoms with Crippen LogP contribution in [-0.2, 0) is 15.1 Å². The first-order valence-corrected chi connectivity index (χ1v) is 10.0. The second kappa shape index (κ2) is 8.25. The number of halogens is 1. The average Bonchev–Trinajstić information content (AvgIpc) is 2.87. The van der Waals surface area contributed by atoms with Gasteiger partial charge in [-0.05, 0) is 45.1 Å². The number of amides is 4. The van der Waals surface area contributed by atoms with Gasteiger partial charge < -0.3 is 10.6 Å². The lowest BCUT2D eigenvalue weighted by molar-refractivity contribution is -0.134. The van der Waals surface area contributed by atoms with Crippen molar-refractivity contribution in [3.63, 3.8) is 0 Å². The Labute approximate surface area is 167 Å². The summed E-state index contributed by atoms with van der Waals surface area (Å²) in [6.07, 6.45) is 7.71. The third kappa shape index (κ3) is 4.24. The van der Waals surface area contributed by atoms with Gasteiger partial charge in [0.1, 0.15) is 12.1 Å². The van der Waals surface area contributed by atoms with Crippen LogP contribution in [0.2, 0.25) is 0 Å². The van der Waals surface area contributed by atoms with E-state index in [1.165, 1.54) is 18.4 Å².